The highest BCUT2D eigenvalue weighted by Gasteiger charge is 2.12. The molecule has 0 saturated heterocycles. The Morgan fingerprint density at radius 2 is 2.19 bits per heavy atom. The van der Waals surface area contributed by atoms with E-state index in [1.807, 2.05) is 0 Å². The predicted octanol–water partition coefficient (Wildman–Crippen LogP) is 3.23. The van der Waals surface area contributed by atoms with Crippen LogP contribution in [0.15, 0.2) is 23.8 Å². The van der Waals surface area contributed by atoms with Crippen LogP contribution in [0.25, 0.3) is 5.03 Å². The summed E-state index contributed by atoms with van der Waals surface area (Å²) in [5.41, 5.74) is -0.118. The molecular weight excluding hydrogens is 235 g/mol. The molecule has 0 saturated carbocycles. The molecule has 1 rings (SSSR count). The molecule has 0 spiro atoms. The van der Waals surface area contributed by atoms with E-state index in [1.165, 1.54) is 6.92 Å². The van der Waals surface area contributed by atoms with Crippen LogP contribution in [0.4, 0.5) is 10.1 Å². The number of allylic oxidation sites excluding steroid dienone is 1. The number of hydrogen-bond donors (Lipinski definition) is 0. The molecule has 16 heavy (non-hydrogen) atoms. The first kappa shape index (κ1) is 12.1. The van der Waals surface area contributed by atoms with E-state index in [9.17, 15) is 14.5 Å². The maximum absolute atomic E-state index is 13.0. The topological polar surface area (TPSA) is 66.9 Å². The third-order valence-electron chi connectivity index (χ3n) is 1.84. The Morgan fingerprint density at radius 1 is 1.56 bits per heavy atom. The highest BCUT2D eigenvalue weighted by Crippen LogP contribution is 2.27. The number of halogens is 2. The van der Waals surface area contributed by atoms with Crippen LogP contribution < -0.4 is 0 Å². The van der Waals surface area contributed by atoms with Crippen molar-refractivity contribution < 1.29 is 9.31 Å². The summed E-state index contributed by atoms with van der Waals surface area (Å²) in [6.45, 7) is 1.44. The summed E-state index contributed by atoms with van der Waals surface area (Å²) in [6, 6.07) is 4.73. The quantitative estimate of drug-likeness (QED) is 0.453. The molecule has 0 aliphatic carbocycles. The monoisotopic (exact) mass is 240 g/mol. The van der Waals surface area contributed by atoms with E-state index < -0.39 is 16.4 Å². The summed E-state index contributed by atoms with van der Waals surface area (Å²) in [5.74, 6) is -0.770. The van der Waals surface area contributed by atoms with Crippen molar-refractivity contribution in [3.63, 3.8) is 0 Å². The number of nitro benzene ring substituents is 1. The van der Waals surface area contributed by atoms with Gasteiger partial charge in [-0.3, -0.25) is 10.1 Å². The number of non-ortho nitro benzene ring substituents is 1. The lowest BCUT2D eigenvalue weighted by molar-refractivity contribution is -0.385. The molecule has 6 heteroatoms. The average molecular weight is 241 g/mol. The Hall–Kier alpha value is -1.93. The van der Waals surface area contributed by atoms with Gasteiger partial charge in [-0.25, -0.2) is 4.39 Å². The van der Waals surface area contributed by atoms with Crippen LogP contribution in [0, 0.1) is 27.3 Å². The largest absolute Gasteiger partial charge is 0.273 e. The fraction of sp³-hybridized carbons (Fsp3) is 0.100. The highest BCUT2D eigenvalue weighted by atomic mass is 35.5. The summed E-state index contributed by atoms with van der Waals surface area (Å²) in [5, 5.41) is 19.1. The molecule has 0 radical (unpaired) electrons. The van der Waals surface area contributed by atoms with Gasteiger partial charge in [0.2, 0.25) is 0 Å². The highest BCUT2D eigenvalue weighted by molar-refractivity contribution is 6.49. The maximum Gasteiger partial charge on any atom is 0.273 e. The summed E-state index contributed by atoms with van der Waals surface area (Å²) in [6.07, 6.45) is 0. The first-order chi connectivity index (χ1) is 7.45. The lowest BCUT2D eigenvalue weighted by Crippen LogP contribution is -1.92. The van der Waals surface area contributed by atoms with Gasteiger partial charge in [-0.15, -0.1) is 0 Å². The van der Waals surface area contributed by atoms with Crippen molar-refractivity contribution in [3.8, 4) is 6.07 Å². The average Bonchev–Trinajstić information content (AvgIpc) is 2.26. The van der Waals surface area contributed by atoms with Crippen molar-refractivity contribution in [1.82, 2.24) is 0 Å². The third-order valence-corrected chi connectivity index (χ3v) is 2.35. The minimum Gasteiger partial charge on any atom is -0.258 e. The van der Waals surface area contributed by atoms with Gasteiger partial charge in [-0.05, 0) is 13.0 Å². The van der Waals surface area contributed by atoms with Gasteiger partial charge in [0, 0.05) is 17.2 Å². The van der Waals surface area contributed by atoms with Gasteiger partial charge in [0.15, 0.2) is 0 Å². The third kappa shape index (κ3) is 2.55. The zero-order valence-electron chi connectivity index (χ0n) is 8.20. The maximum atomic E-state index is 13.0. The number of hydrogen-bond acceptors (Lipinski definition) is 3. The molecule has 0 N–H and O–H groups in total. The number of nitrogens with zero attached hydrogens (tertiary/aromatic N) is 2. The van der Waals surface area contributed by atoms with Crippen molar-refractivity contribution >= 4 is 22.3 Å². The Bertz CT molecular complexity index is 520. The van der Waals surface area contributed by atoms with Gasteiger partial charge in [0.05, 0.1) is 22.1 Å². The van der Waals surface area contributed by atoms with Crippen molar-refractivity contribution in [2.75, 3.05) is 0 Å². The number of nitro groups is 1. The zero-order valence-corrected chi connectivity index (χ0v) is 8.95. The lowest BCUT2D eigenvalue weighted by Gasteiger charge is -2.01. The zero-order chi connectivity index (χ0) is 12.3. The molecule has 82 valence electrons. The molecule has 0 unspecified atom stereocenters. The molecule has 0 aliphatic heterocycles. The number of rotatable bonds is 2. The minimum absolute atomic E-state index is 0.00472. The second-order valence-corrected chi connectivity index (χ2v) is 3.38. The lowest BCUT2D eigenvalue weighted by atomic mass is 10.1. The van der Waals surface area contributed by atoms with Gasteiger partial charge < -0.3 is 0 Å². The summed E-state index contributed by atoms with van der Waals surface area (Å²) in [4.78, 5) is 9.76. The van der Waals surface area contributed by atoms with E-state index in [2.05, 4.69) is 0 Å². The van der Waals surface area contributed by atoms with Crippen molar-refractivity contribution in [2.45, 2.75) is 6.92 Å². The molecule has 0 bridgehead atoms. The molecule has 0 amide bonds. The van der Waals surface area contributed by atoms with Gasteiger partial charge >= 0.3 is 0 Å². The molecule has 0 fully saturated rings. The molecule has 4 nitrogen and oxygen atoms in total. The van der Waals surface area contributed by atoms with E-state index in [1.54, 1.807) is 6.07 Å². The molecule has 1 aromatic carbocycles. The van der Waals surface area contributed by atoms with Crippen molar-refractivity contribution in [2.24, 2.45) is 0 Å². The molecule has 0 heterocycles. The van der Waals surface area contributed by atoms with Gasteiger partial charge in [0.1, 0.15) is 5.82 Å². The Morgan fingerprint density at radius 3 is 2.69 bits per heavy atom. The predicted molar refractivity (Wildman–Crippen MR) is 57.1 cm³/mol. The molecule has 0 aliphatic rings. The summed E-state index contributed by atoms with van der Waals surface area (Å²) < 4.78 is 13.0. The smallest absolute Gasteiger partial charge is 0.258 e. The Kier molecular flexibility index (Phi) is 3.59. The summed E-state index contributed by atoms with van der Waals surface area (Å²) in [7, 11) is 0. The first-order valence-corrected chi connectivity index (χ1v) is 4.55. The van der Waals surface area contributed by atoms with Gasteiger partial charge in [0.25, 0.3) is 5.69 Å². The van der Waals surface area contributed by atoms with Crippen molar-refractivity contribution in [1.29, 1.82) is 5.26 Å². The molecule has 0 atom stereocenters. The molecule has 1 aromatic rings. The van der Waals surface area contributed by atoms with Crippen LogP contribution in [0.3, 0.4) is 0 Å². The van der Waals surface area contributed by atoms with Gasteiger partial charge in [-0.2, -0.15) is 5.26 Å². The summed E-state index contributed by atoms with van der Waals surface area (Å²) >= 11 is 5.77. The fourth-order valence-corrected chi connectivity index (χ4v) is 1.22. The normalized spacial score (nSPS) is 11.6. The molecule has 0 aromatic heterocycles. The SMILES string of the molecule is C/C(C#N)=C(/Cl)c1cc(F)cc([N+](=O)[O-])c1. The van der Waals surface area contributed by atoms with Crippen LogP contribution in [0.1, 0.15) is 12.5 Å². The molecular formula is C10H6ClFN2O2. The van der Waals surface area contributed by atoms with Crippen LogP contribution in [-0.2, 0) is 0 Å². The van der Waals surface area contributed by atoms with Crippen LogP contribution in [0.5, 0.6) is 0 Å². The first-order valence-electron chi connectivity index (χ1n) is 4.17. The van der Waals surface area contributed by atoms with Crippen LogP contribution in [0.2, 0.25) is 0 Å². The van der Waals surface area contributed by atoms with E-state index in [-0.39, 0.29) is 16.2 Å². The Labute approximate surface area is 95.7 Å². The number of benzene rings is 1. The minimum atomic E-state index is -0.770. The fourth-order valence-electron chi connectivity index (χ4n) is 1.07. The van der Waals surface area contributed by atoms with Crippen LogP contribution in [-0.4, -0.2) is 4.92 Å². The van der Waals surface area contributed by atoms with Gasteiger partial charge in [-0.1, -0.05) is 11.6 Å². The number of nitriles is 1. The van der Waals surface area contributed by atoms with Crippen molar-refractivity contribution in [3.05, 3.63) is 45.3 Å². The van der Waals surface area contributed by atoms with E-state index in [0.717, 1.165) is 18.2 Å². The second-order valence-electron chi connectivity index (χ2n) is 3.01. The van der Waals surface area contributed by atoms with E-state index in [0.29, 0.717) is 0 Å². The van der Waals surface area contributed by atoms with E-state index >= 15 is 0 Å². The van der Waals surface area contributed by atoms with Crippen LogP contribution >= 0.6 is 11.6 Å². The standard InChI is InChI=1S/C10H6ClFN2O2/c1-6(5-13)10(11)7-2-8(12)4-9(3-7)14(15)16/h2-4H,1H3/b10-6-. The second kappa shape index (κ2) is 4.73. The van der Waals surface area contributed by atoms with E-state index in [4.69, 9.17) is 16.9 Å². The Balaban J connectivity index is 3.37.